The van der Waals surface area contributed by atoms with Gasteiger partial charge in [0.05, 0.1) is 6.61 Å². The summed E-state index contributed by atoms with van der Waals surface area (Å²) >= 11 is 0. The van der Waals surface area contributed by atoms with Crippen LogP contribution in [-0.4, -0.2) is 68.5 Å². The van der Waals surface area contributed by atoms with Gasteiger partial charge in [0, 0.05) is 39.3 Å². The van der Waals surface area contributed by atoms with Crippen LogP contribution in [0.1, 0.15) is 46.5 Å². The highest BCUT2D eigenvalue weighted by Crippen LogP contribution is 2.28. The first kappa shape index (κ1) is 19.8. The number of hydrogen-bond donors (Lipinski definition) is 2. The van der Waals surface area contributed by atoms with E-state index < -0.39 is 5.60 Å². The van der Waals surface area contributed by atoms with Crippen molar-refractivity contribution in [3.63, 3.8) is 0 Å². The summed E-state index contributed by atoms with van der Waals surface area (Å²) < 4.78 is 11.1. The molecule has 0 spiro atoms. The fourth-order valence-electron chi connectivity index (χ4n) is 2.75. The van der Waals surface area contributed by atoms with Gasteiger partial charge < -0.3 is 25.0 Å². The second-order valence-corrected chi connectivity index (χ2v) is 7.93. The molecule has 0 aromatic carbocycles. The van der Waals surface area contributed by atoms with Crippen molar-refractivity contribution in [3.8, 4) is 0 Å². The first-order valence-corrected chi connectivity index (χ1v) is 9.40. The number of carbonyl (C=O) groups excluding carboxylic acids is 1. The summed E-state index contributed by atoms with van der Waals surface area (Å²) in [5.74, 6) is 1.55. The Bertz CT molecular complexity index is 458. The molecule has 25 heavy (non-hydrogen) atoms. The fraction of sp³-hybridized carbons (Fsp3) is 0.889. The number of nitrogens with zero attached hydrogens (tertiary/aromatic N) is 2. The minimum absolute atomic E-state index is 0.180. The Hall–Kier alpha value is -1.50. The first-order valence-electron chi connectivity index (χ1n) is 9.40. The van der Waals surface area contributed by atoms with E-state index in [1.54, 1.807) is 11.9 Å². The Balaban J connectivity index is 1.68. The van der Waals surface area contributed by atoms with Crippen molar-refractivity contribution in [2.45, 2.75) is 58.1 Å². The Morgan fingerprint density at radius 1 is 1.28 bits per heavy atom. The predicted octanol–water partition coefficient (Wildman–Crippen LogP) is 1.98. The van der Waals surface area contributed by atoms with Crippen LogP contribution >= 0.6 is 0 Å². The highest BCUT2D eigenvalue weighted by molar-refractivity contribution is 5.80. The number of ether oxygens (including phenoxy) is 2. The summed E-state index contributed by atoms with van der Waals surface area (Å²) in [4.78, 5) is 18.3. The van der Waals surface area contributed by atoms with Crippen molar-refractivity contribution in [1.29, 1.82) is 0 Å². The van der Waals surface area contributed by atoms with Crippen LogP contribution in [0.5, 0.6) is 0 Å². The van der Waals surface area contributed by atoms with Gasteiger partial charge in [-0.05, 0) is 52.4 Å². The molecule has 0 bridgehead atoms. The molecule has 1 saturated heterocycles. The van der Waals surface area contributed by atoms with Gasteiger partial charge in [0.15, 0.2) is 5.96 Å². The third kappa shape index (κ3) is 7.94. The average molecular weight is 354 g/mol. The van der Waals surface area contributed by atoms with Gasteiger partial charge in [-0.15, -0.1) is 0 Å². The van der Waals surface area contributed by atoms with Gasteiger partial charge in [-0.1, -0.05) is 0 Å². The molecule has 2 fully saturated rings. The molecule has 0 aromatic rings. The summed E-state index contributed by atoms with van der Waals surface area (Å²) in [5.41, 5.74) is -0.463. The first-order chi connectivity index (χ1) is 11.9. The smallest absolute Gasteiger partial charge is 0.410 e. The standard InChI is InChI=1S/C18H34N4O3/c1-18(2,3)25-17(23)22-10-5-6-15(12-22)21-16(19-4)20-9-11-24-13-14-7-8-14/h14-15H,5-13H2,1-4H3,(H2,19,20,21). The number of rotatable bonds is 6. The van der Waals surface area contributed by atoms with Crippen LogP contribution in [0.15, 0.2) is 4.99 Å². The number of amides is 1. The minimum Gasteiger partial charge on any atom is -0.444 e. The van der Waals surface area contributed by atoms with Crippen LogP contribution < -0.4 is 10.6 Å². The van der Waals surface area contributed by atoms with Crippen LogP contribution in [0.25, 0.3) is 0 Å². The molecule has 1 heterocycles. The quantitative estimate of drug-likeness (QED) is 0.433. The average Bonchev–Trinajstić information content (AvgIpc) is 3.36. The van der Waals surface area contributed by atoms with E-state index in [1.807, 2.05) is 20.8 Å². The summed E-state index contributed by atoms with van der Waals surface area (Å²) in [7, 11) is 1.76. The largest absolute Gasteiger partial charge is 0.444 e. The Kier molecular flexibility index (Phi) is 7.35. The van der Waals surface area contributed by atoms with Gasteiger partial charge in [0.2, 0.25) is 0 Å². The number of nitrogens with one attached hydrogen (secondary N) is 2. The van der Waals surface area contributed by atoms with Crippen LogP contribution in [0.4, 0.5) is 4.79 Å². The van der Waals surface area contributed by atoms with Crippen LogP contribution in [0.2, 0.25) is 0 Å². The van der Waals surface area contributed by atoms with Gasteiger partial charge in [0.25, 0.3) is 0 Å². The Morgan fingerprint density at radius 3 is 2.68 bits per heavy atom. The lowest BCUT2D eigenvalue weighted by Gasteiger charge is -2.35. The van der Waals surface area contributed by atoms with E-state index in [-0.39, 0.29) is 12.1 Å². The minimum atomic E-state index is -0.463. The Labute approximate surface area is 151 Å². The van der Waals surface area contributed by atoms with Crippen molar-refractivity contribution in [2.24, 2.45) is 10.9 Å². The van der Waals surface area contributed by atoms with Crippen molar-refractivity contribution >= 4 is 12.1 Å². The maximum atomic E-state index is 12.2. The molecule has 0 radical (unpaired) electrons. The third-order valence-corrected chi connectivity index (χ3v) is 4.23. The van der Waals surface area contributed by atoms with E-state index in [2.05, 4.69) is 15.6 Å². The lowest BCUT2D eigenvalue weighted by molar-refractivity contribution is 0.0193. The summed E-state index contributed by atoms with van der Waals surface area (Å²) in [6.45, 7) is 9.34. The zero-order chi connectivity index (χ0) is 18.3. The van der Waals surface area contributed by atoms with Crippen LogP contribution in [0.3, 0.4) is 0 Å². The zero-order valence-electron chi connectivity index (χ0n) is 16.1. The molecule has 1 saturated carbocycles. The molecule has 1 unspecified atom stereocenters. The van der Waals surface area contributed by atoms with E-state index in [1.165, 1.54) is 12.8 Å². The maximum Gasteiger partial charge on any atom is 0.410 e. The SMILES string of the molecule is CN=C(NCCOCC1CC1)NC1CCCN(C(=O)OC(C)(C)C)C1. The fourth-order valence-corrected chi connectivity index (χ4v) is 2.75. The molecule has 7 heteroatoms. The van der Waals surface area contributed by atoms with Gasteiger partial charge in [-0.25, -0.2) is 4.79 Å². The number of likely N-dealkylation sites (tertiary alicyclic amines) is 1. The number of aliphatic imine (C=N–C) groups is 1. The van der Waals surface area contributed by atoms with Gasteiger partial charge in [0.1, 0.15) is 5.60 Å². The van der Waals surface area contributed by atoms with Crippen LogP contribution in [0, 0.1) is 5.92 Å². The van der Waals surface area contributed by atoms with Crippen molar-refractivity contribution in [2.75, 3.05) is 39.9 Å². The van der Waals surface area contributed by atoms with Crippen molar-refractivity contribution in [1.82, 2.24) is 15.5 Å². The number of piperidine rings is 1. The molecule has 2 rings (SSSR count). The van der Waals surface area contributed by atoms with Crippen molar-refractivity contribution in [3.05, 3.63) is 0 Å². The molecule has 144 valence electrons. The monoisotopic (exact) mass is 354 g/mol. The molecule has 2 aliphatic rings. The lowest BCUT2D eigenvalue weighted by Crippen LogP contribution is -2.53. The summed E-state index contributed by atoms with van der Waals surface area (Å²) in [5, 5.41) is 6.67. The number of carbonyl (C=O) groups is 1. The van der Waals surface area contributed by atoms with E-state index in [0.717, 1.165) is 44.4 Å². The molecule has 2 N–H and O–H groups in total. The molecule has 0 aromatic heterocycles. The van der Waals surface area contributed by atoms with Crippen molar-refractivity contribution < 1.29 is 14.3 Å². The molecular weight excluding hydrogens is 320 g/mol. The van der Waals surface area contributed by atoms with E-state index >= 15 is 0 Å². The predicted molar refractivity (Wildman–Crippen MR) is 98.9 cm³/mol. The summed E-state index contributed by atoms with van der Waals surface area (Å²) in [6.07, 6.45) is 4.35. The van der Waals surface area contributed by atoms with E-state index in [0.29, 0.717) is 13.2 Å². The van der Waals surface area contributed by atoms with E-state index in [4.69, 9.17) is 9.47 Å². The highest BCUT2D eigenvalue weighted by Gasteiger charge is 2.28. The molecule has 1 aliphatic carbocycles. The Morgan fingerprint density at radius 2 is 2.04 bits per heavy atom. The number of hydrogen-bond acceptors (Lipinski definition) is 4. The van der Waals surface area contributed by atoms with Gasteiger partial charge in [-0.2, -0.15) is 0 Å². The lowest BCUT2D eigenvalue weighted by atomic mass is 10.1. The van der Waals surface area contributed by atoms with Gasteiger partial charge in [-0.3, -0.25) is 4.99 Å². The van der Waals surface area contributed by atoms with Crippen LogP contribution in [-0.2, 0) is 9.47 Å². The molecule has 1 atom stereocenters. The zero-order valence-corrected chi connectivity index (χ0v) is 16.1. The molecule has 7 nitrogen and oxygen atoms in total. The van der Waals surface area contributed by atoms with E-state index in [9.17, 15) is 4.79 Å². The normalized spacial score (nSPS) is 21.8. The molecule has 1 amide bonds. The second kappa shape index (κ2) is 9.27. The maximum absolute atomic E-state index is 12.2. The molecule has 1 aliphatic heterocycles. The topological polar surface area (TPSA) is 75.2 Å². The summed E-state index contributed by atoms with van der Waals surface area (Å²) in [6, 6.07) is 0.180. The van der Waals surface area contributed by atoms with Gasteiger partial charge >= 0.3 is 6.09 Å². The highest BCUT2D eigenvalue weighted by atomic mass is 16.6. The second-order valence-electron chi connectivity index (χ2n) is 7.93. The third-order valence-electron chi connectivity index (χ3n) is 4.23. The molecular formula is C18H34N4O3. The number of guanidine groups is 1.